The largest absolute Gasteiger partial charge is 0.387 e. The minimum absolute atomic E-state index is 0.520. The van der Waals surface area contributed by atoms with Crippen molar-refractivity contribution in [2.24, 2.45) is 0 Å². The number of hydrogen-bond acceptors (Lipinski definition) is 4. The molecule has 4 heteroatoms. The fourth-order valence-corrected chi connectivity index (χ4v) is 1.83. The van der Waals surface area contributed by atoms with Crippen molar-refractivity contribution >= 4 is 5.69 Å². The first-order valence-corrected chi connectivity index (χ1v) is 6.42. The molecule has 19 heavy (non-hydrogen) atoms. The minimum Gasteiger partial charge on any atom is -0.387 e. The quantitative estimate of drug-likeness (QED) is 0.892. The van der Waals surface area contributed by atoms with Crippen molar-refractivity contribution in [1.29, 1.82) is 0 Å². The maximum atomic E-state index is 9.42. The molecule has 0 radical (unpaired) electrons. The molecule has 2 rings (SSSR count). The van der Waals surface area contributed by atoms with Gasteiger partial charge in [-0.1, -0.05) is 6.07 Å². The molecule has 1 N–H and O–H groups in total. The molecule has 0 aliphatic rings. The van der Waals surface area contributed by atoms with Gasteiger partial charge < -0.3 is 10.0 Å². The number of anilines is 1. The lowest BCUT2D eigenvalue weighted by Gasteiger charge is -2.19. The van der Waals surface area contributed by atoms with Crippen LogP contribution in [-0.2, 0) is 6.42 Å². The van der Waals surface area contributed by atoms with Gasteiger partial charge >= 0.3 is 0 Å². The van der Waals surface area contributed by atoms with Crippen LogP contribution in [0.25, 0.3) is 0 Å². The van der Waals surface area contributed by atoms with Crippen LogP contribution in [0.5, 0.6) is 0 Å². The predicted octanol–water partition coefficient (Wildman–Crippen LogP) is 2.21. The molecule has 0 aliphatic carbocycles. The molecule has 2 aromatic rings. The fraction of sp³-hybridized carbons (Fsp3) is 0.333. The molecule has 0 spiro atoms. The van der Waals surface area contributed by atoms with Crippen LogP contribution in [0.1, 0.15) is 24.4 Å². The summed E-state index contributed by atoms with van der Waals surface area (Å²) >= 11 is 0. The first-order valence-electron chi connectivity index (χ1n) is 6.42. The number of aliphatic hydroxyl groups excluding tert-OH is 1. The molecule has 0 aromatic carbocycles. The topological polar surface area (TPSA) is 49.2 Å². The summed E-state index contributed by atoms with van der Waals surface area (Å²) in [5.74, 6) is 0. The highest BCUT2D eigenvalue weighted by molar-refractivity contribution is 5.43. The predicted molar refractivity (Wildman–Crippen MR) is 76.1 cm³/mol. The van der Waals surface area contributed by atoms with E-state index in [0.717, 1.165) is 24.3 Å². The third-order valence-electron chi connectivity index (χ3n) is 3.07. The van der Waals surface area contributed by atoms with Crippen LogP contribution in [0.15, 0.2) is 42.7 Å². The highest BCUT2D eigenvalue weighted by atomic mass is 16.3. The Morgan fingerprint density at radius 1 is 1.21 bits per heavy atom. The first kappa shape index (κ1) is 13.5. The summed E-state index contributed by atoms with van der Waals surface area (Å²) in [6, 6.07) is 9.79. The molecule has 2 heterocycles. The molecule has 2 aromatic heterocycles. The molecule has 0 amide bonds. The van der Waals surface area contributed by atoms with E-state index in [1.54, 1.807) is 13.1 Å². The Bertz CT molecular complexity index is 497. The van der Waals surface area contributed by atoms with Crippen molar-refractivity contribution in [3.05, 3.63) is 54.1 Å². The second-order valence-corrected chi connectivity index (χ2v) is 4.61. The lowest BCUT2D eigenvalue weighted by Crippen LogP contribution is -2.20. The maximum absolute atomic E-state index is 9.42. The first-order chi connectivity index (χ1) is 9.16. The lowest BCUT2D eigenvalue weighted by molar-refractivity contribution is 0.194. The Morgan fingerprint density at radius 2 is 2.05 bits per heavy atom. The van der Waals surface area contributed by atoms with Crippen LogP contribution >= 0.6 is 0 Å². The molecular weight excluding hydrogens is 238 g/mol. The average Bonchev–Trinajstić information content (AvgIpc) is 2.46. The highest BCUT2D eigenvalue weighted by Crippen LogP contribution is 2.15. The molecular formula is C15H19N3O. The van der Waals surface area contributed by atoms with E-state index in [9.17, 15) is 5.11 Å². The van der Waals surface area contributed by atoms with E-state index >= 15 is 0 Å². The molecule has 0 bridgehead atoms. The SMILES string of the molecule is CC(O)c1ccc(N(C)CCc2ccccn2)cn1. The van der Waals surface area contributed by atoms with Gasteiger partial charge in [-0.05, 0) is 31.2 Å². The van der Waals surface area contributed by atoms with E-state index in [1.807, 2.05) is 43.6 Å². The van der Waals surface area contributed by atoms with Crippen molar-refractivity contribution in [1.82, 2.24) is 9.97 Å². The lowest BCUT2D eigenvalue weighted by atomic mass is 10.2. The molecule has 0 saturated heterocycles. The van der Waals surface area contributed by atoms with Crippen molar-refractivity contribution in [2.75, 3.05) is 18.5 Å². The van der Waals surface area contributed by atoms with Crippen molar-refractivity contribution in [3.63, 3.8) is 0 Å². The normalized spacial score (nSPS) is 12.2. The molecule has 0 fully saturated rings. The summed E-state index contributed by atoms with van der Waals surface area (Å²) in [6.07, 6.45) is 3.98. The summed E-state index contributed by atoms with van der Waals surface area (Å²) in [4.78, 5) is 10.7. The second-order valence-electron chi connectivity index (χ2n) is 4.61. The third kappa shape index (κ3) is 3.76. The number of aliphatic hydroxyl groups is 1. The zero-order valence-corrected chi connectivity index (χ0v) is 11.3. The van der Waals surface area contributed by atoms with Crippen LogP contribution < -0.4 is 4.90 Å². The highest BCUT2D eigenvalue weighted by Gasteiger charge is 2.05. The van der Waals surface area contributed by atoms with Crippen LogP contribution in [-0.4, -0.2) is 28.7 Å². The number of aromatic nitrogens is 2. The van der Waals surface area contributed by atoms with E-state index in [-0.39, 0.29) is 0 Å². The number of rotatable bonds is 5. The van der Waals surface area contributed by atoms with Gasteiger partial charge in [0.05, 0.1) is 23.7 Å². The summed E-state index contributed by atoms with van der Waals surface area (Å²) in [6.45, 7) is 2.60. The van der Waals surface area contributed by atoms with Crippen molar-refractivity contribution in [3.8, 4) is 0 Å². The Hall–Kier alpha value is -1.94. The Morgan fingerprint density at radius 3 is 2.63 bits per heavy atom. The van der Waals surface area contributed by atoms with Gasteiger partial charge in [0, 0.05) is 31.9 Å². The van der Waals surface area contributed by atoms with Crippen LogP contribution in [0, 0.1) is 0 Å². The van der Waals surface area contributed by atoms with Gasteiger partial charge in [0.1, 0.15) is 0 Å². The Kier molecular flexibility index (Phi) is 4.47. The van der Waals surface area contributed by atoms with Gasteiger partial charge in [0.2, 0.25) is 0 Å². The van der Waals surface area contributed by atoms with E-state index in [0.29, 0.717) is 5.69 Å². The smallest absolute Gasteiger partial charge is 0.0931 e. The summed E-state index contributed by atoms with van der Waals surface area (Å²) in [7, 11) is 2.03. The third-order valence-corrected chi connectivity index (χ3v) is 3.07. The monoisotopic (exact) mass is 257 g/mol. The average molecular weight is 257 g/mol. The maximum Gasteiger partial charge on any atom is 0.0931 e. The molecule has 0 aliphatic heterocycles. The number of hydrogen-bond donors (Lipinski definition) is 1. The molecule has 0 saturated carbocycles. The van der Waals surface area contributed by atoms with Crippen LogP contribution in [0.2, 0.25) is 0 Å². The van der Waals surface area contributed by atoms with Crippen molar-refractivity contribution < 1.29 is 5.11 Å². The van der Waals surface area contributed by atoms with Crippen molar-refractivity contribution in [2.45, 2.75) is 19.4 Å². The standard InChI is InChI=1S/C15H19N3O/c1-12(19)15-7-6-14(11-17-15)18(2)10-8-13-5-3-4-9-16-13/h3-7,9,11-12,19H,8,10H2,1-2H3. The molecule has 1 atom stereocenters. The van der Waals surface area contributed by atoms with E-state index < -0.39 is 6.10 Å². The van der Waals surface area contributed by atoms with Gasteiger partial charge in [-0.2, -0.15) is 0 Å². The molecule has 4 nitrogen and oxygen atoms in total. The minimum atomic E-state index is -0.520. The summed E-state index contributed by atoms with van der Waals surface area (Å²) in [5.41, 5.74) is 2.82. The van der Waals surface area contributed by atoms with Gasteiger partial charge in [0.15, 0.2) is 0 Å². The van der Waals surface area contributed by atoms with E-state index in [2.05, 4.69) is 14.9 Å². The molecule has 100 valence electrons. The van der Waals surface area contributed by atoms with E-state index in [1.165, 1.54) is 0 Å². The second kappa shape index (κ2) is 6.29. The Balaban J connectivity index is 1.94. The summed E-state index contributed by atoms with van der Waals surface area (Å²) < 4.78 is 0. The number of likely N-dealkylation sites (N-methyl/N-ethyl adjacent to an activating group) is 1. The molecule has 1 unspecified atom stereocenters. The Labute approximate surface area is 113 Å². The van der Waals surface area contributed by atoms with Gasteiger partial charge in [-0.3, -0.25) is 9.97 Å². The van der Waals surface area contributed by atoms with Gasteiger partial charge in [-0.25, -0.2) is 0 Å². The number of nitrogens with zero attached hydrogens (tertiary/aromatic N) is 3. The number of pyridine rings is 2. The summed E-state index contributed by atoms with van der Waals surface area (Å²) in [5, 5.41) is 9.42. The van der Waals surface area contributed by atoms with E-state index in [4.69, 9.17) is 0 Å². The zero-order chi connectivity index (χ0) is 13.7. The fourth-order valence-electron chi connectivity index (χ4n) is 1.83. The van der Waals surface area contributed by atoms with Crippen LogP contribution in [0.3, 0.4) is 0 Å². The van der Waals surface area contributed by atoms with Gasteiger partial charge in [-0.15, -0.1) is 0 Å². The zero-order valence-electron chi connectivity index (χ0n) is 11.3. The van der Waals surface area contributed by atoms with Gasteiger partial charge in [0.25, 0.3) is 0 Å². The van der Waals surface area contributed by atoms with Crippen LogP contribution in [0.4, 0.5) is 5.69 Å².